The van der Waals surface area contributed by atoms with Crippen LogP contribution in [0.1, 0.15) is 11.1 Å². The molecule has 0 radical (unpaired) electrons. The van der Waals surface area contributed by atoms with Crippen molar-refractivity contribution in [1.29, 1.82) is 0 Å². The molecule has 4 rings (SSSR count). The molecule has 1 aliphatic rings. The number of aromatic hydroxyl groups is 6. The summed E-state index contributed by atoms with van der Waals surface area (Å²) in [5.74, 6) is -1.73. The Balaban J connectivity index is 0.00000451. The van der Waals surface area contributed by atoms with E-state index < -0.39 is 0 Å². The van der Waals surface area contributed by atoms with E-state index in [2.05, 4.69) is 5.43 Å². The zero-order valence-electron chi connectivity index (χ0n) is 30.7. The van der Waals surface area contributed by atoms with Crippen LogP contribution in [0.25, 0.3) is 5.70 Å². The first-order valence-corrected chi connectivity index (χ1v) is 16.4. The van der Waals surface area contributed by atoms with Crippen LogP contribution < -0.4 is 64.8 Å². The summed E-state index contributed by atoms with van der Waals surface area (Å²) in [5, 5.41) is 76.2. The molecule has 0 amide bonds. The van der Waals surface area contributed by atoms with Gasteiger partial charge in [-0.3, -0.25) is 0 Å². The van der Waals surface area contributed by atoms with Crippen LogP contribution in [-0.2, 0) is 24.7 Å². The van der Waals surface area contributed by atoms with E-state index in [9.17, 15) is 30.6 Å². The number of nitrogens with one attached hydrogen (secondary N) is 1. The van der Waals surface area contributed by atoms with Crippen molar-refractivity contribution in [1.82, 2.24) is 5.43 Å². The molecule has 3 aromatic rings. The molecule has 0 aliphatic carbocycles. The monoisotopic (exact) mass is 824 g/mol. The van der Waals surface area contributed by atoms with Crippen LogP contribution >= 0.6 is 0 Å². The van der Waals surface area contributed by atoms with Crippen molar-refractivity contribution < 1.29 is 80.2 Å². The van der Waals surface area contributed by atoms with E-state index in [1.807, 2.05) is 0 Å². The molecule has 0 aromatic heterocycles. The molecule has 0 saturated heterocycles. The number of nitrogens with zero attached hydrogens (tertiary/aromatic N) is 8. The number of hydrazone groups is 1. The van der Waals surface area contributed by atoms with E-state index in [1.54, 1.807) is 132 Å². The largest absolute Gasteiger partial charge is 1.00 e. The van der Waals surface area contributed by atoms with Gasteiger partial charge in [-0.15, -0.1) is 0 Å². The van der Waals surface area contributed by atoms with Crippen molar-refractivity contribution in [3.63, 3.8) is 0 Å². The van der Waals surface area contributed by atoms with Crippen molar-refractivity contribution in [2.24, 2.45) is 5.10 Å². The first kappa shape index (κ1) is 42.9. The molecular formula is C33H46Cl2N9O6Zr. The average molecular weight is 827 g/mol. The number of anilines is 7. The van der Waals surface area contributed by atoms with Crippen LogP contribution in [0.4, 0.5) is 39.8 Å². The molecular weight excluding hydrogens is 781 g/mol. The van der Waals surface area contributed by atoms with E-state index in [-0.39, 0.29) is 87.5 Å². The number of phenols is 6. The number of allylic oxidation sites excluding steroid dienone is 1. The second-order valence-electron chi connectivity index (χ2n) is 12.9. The van der Waals surface area contributed by atoms with Gasteiger partial charge < -0.3 is 24.8 Å². The third-order valence-corrected chi connectivity index (χ3v) is 9.36. The van der Waals surface area contributed by atoms with Gasteiger partial charge >= 0.3 is 303 Å². The molecule has 51 heavy (non-hydrogen) atoms. The number of hydrogen-bond donors (Lipinski definition) is 7. The standard InChI is InChI=1S/C33H46N9O6.2ClH.Zr/c1-36(2)19-14-20(37(3)4)29(44)25(28(19)43)17-13-18(26-30(45)21(38(5)6)15-22(31(26)46)39(7)8)35-42(34-17)27-32(47)23(40(9)10)16-24(33(27)48)41(11)12;;;/h14-16,34,43-48H,1-12H3;2*1H;/q;;;+2/p-2. The SMILES string of the molecule is CN(C)c1cc(N(C)C)c(O)c(C2=NN(c3c(O)c(N(C)C)cc(N(C)C)c3O)NC(c3c(O)c(N(C)C)cc(N(C)C)c3O)=[C]2[Zr+2])c1O.[Cl-].[Cl-]. The Morgan fingerprint density at radius 1 is 0.490 bits per heavy atom. The van der Waals surface area contributed by atoms with Crippen LogP contribution in [0, 0.1) is 0 Å². The minimum absolute atomic E-state index is 0. The number of phenolic OH excluding ortho intramolecular Hbond substituents is 6. The summed E-state index contributed by atoms with van der Waals surface area (Å²) in [4.78, 5) is 10.1. The molecule has 0 fully saturated rings. The van der Waals surface area contributed by atoms with E-state index >= 15 is 0 Å². The van der Waals surface area contributed by atoms with Gasteiger partial charge in [0.2, 0.25) is 0 Å². The van der Waals surface area contributed by atoms with Gasteiger partial charge in [0.05, 0.1) is 0 Å². The predicted molar refractivity (Wildman–Crippen MR) is 194 cm³/mol. The molecule has 7 N–H and O–H groups in total. The molecule has 18 heteroatoms. The summed E-state index contributed by atoms with van der Waals surface area (Å²) < 4.78 is 0.399. The van der Waals surface area contributed by atoms with Crippen molar-refractivity contribution in [2.45, 2.75) is 0 Å². The summed E-state index contributed by atoms with van der Waals surface area (Å²) in [6.07, 6.45) is 0. The summed E-state index contributed by atoms with van der Waals surface area (Å²) in [6, 6.07) is 4.92. The number of benzene rings is 3. The zero-order chi connectivity index (χ0) is 37.0. The van der Waals surface area contributed by atoms with E-state index in [4.69, 9.17) is 5.10 Å². The van der Waals surface area contributed by atoms with Crippen LogP contribution in [0.3, 0.4) is 0 Å². The fourth-order valence-corrected chi connectivity index (χ4v) is 6.39. The molecule has 1 heterocycles. The Labute approximate surface area is 326 Å². The van der Waals surface area contributed by atoms with Gasteiger partial charge in [0, 0.05) is 0 Å². The summed E-state index contributed by atoms with van der Waals surface area (Å²) in [6.45, 7) is 0. The van der Waals surface area contributed by atoms with Gasteiger partial charge in [-0.1, -0.05) is 0 Å². The molecule has 3 aromatic carbocycles. The Bertz CT molecular complexity index is 1770. The first-order chi connectivity index (χ1) is 22.7. The van der Waals surface area contributed by atoms with Gasteiger partial charge in [0.25, 0.3) is 0 Å². The minimum Gasteiger partial charge on any atom is -1.00 e. The number of rotatable bonds is 9. The van der Waals surface area contributed by atoms with Crippen molar-refractivity contribution in [2.75, 3.05) is 119 Å². The van der Waals surface area contributed by atoms with Gasteiger partial charge in [-0.05, 0) is 0 Å². The number of halogens is 2. The number of hydrogen-bond acceptors (Lipinski definition) is 15. The van der Waals surface area contributed by atoms with E-state index in [0.717, 1.165) is 29.8 Å². The fourth-order valence-electron chi connectivity index (χ4n) is 5.51. The quantitative estimate of drug-likeness (QED) is 0.117. The summed E-state index contributed by atoms with van der Waals surface area (Å²) >= 11 is 0.724. The van der Waals surface area contributed by atoms with Crippen molar-refractivity contribution in [3.05, 3.63) is 32.6 Å². The smallest absolute Gasteiger partial charge is 1.00 e. The average Bonchev–Trinajstić information content (AvgIpc) is 2.98. The fraction of sp³-hybridized carbons (Fsp3) is 0.364. The third-order valence-electron chi connectivity index (χ3n) is 8.17. The van der Waals surface area contributed by atoms with Crippen molar-refractivity contribution in [3.8, 4) is 34.5 Å². The second kappa shape index (κ2) is 16.0. The normalized spacial score (nSPS) is 12.4. The third kappa shape index (κ3) is 7.54. The molecule has 0 spiro atoms. The van der Waals surface area contributed by atoms with Gasteiger partial charge in [0.1, 0.15) is 0 Å². The predicted octanol–water partition coefficient (Wildman–Crippen LogP) is -3.03. The van der Waals surface area contributed by atoms with Gasteiger partial charge in [-0.2, -0.15) is 0 Å². The van der Waals surface area contributed by atoms with Crippen LogP contribution in [0.15, 0.2) is 26.6 Å². The minimum atomic E-state index is -0.329. The van der Waals surface area contributed by atoms with Gasteiger partial charge in [0.15, 0.2) is 0 Å². The maximum Gasteiger partial charge on any atom is -1.00 e. The second-order valence-corrected chi connectivity index (χ2v) is 14.2. The van der Waals surface area contributed by atoms with Gasteiger partial charge in [-0.25, -0.2) is 0 Å². The van der Waals surface area contributed by atoms with E-state index in [0.29, 0.717) is 37.4 Å². The molecule has 0 atom stereocenters. The molecule has 0 saturated carbocycles. The molecule has 277 valence electrons. The maximum atomic E-state index is 11.7. The Morgan fingerprint density at radius 2 is 0.765 bits per heavy atom. The molecule has 0 unspecified atom stereocenters. The number of hydrazine groups is 1. The van der Waals surface area contributed by atoms with Crippen LogP contribution in [0.2, 0.25) is 0 Å². The Hall–Kier alpha value is -4.27. The van der Waals surface area contributed by atoms with Crippen molar-refractivity contribution >= 4 is 51.2 Å². The van der Waals surface area contributed by atoms with Crippen LogP contribution in [-0.4, -0.2) is 121 Å². The summed E-state index contributed by atoms with van der Waals surface area (Å²) in [7, 11) is 21.0. The molecule has 15 nitrogen and oxygen atoms in total. The maximum absolute atomic E-state index is 11.7. The topological polar surface area (TPSA) is 168 Å². The Kier molecular flexibility index (Phi) is 13.4. The zero-order valence-corrected chi connectivity index (χ0v) is 34.7. The molecule has 1 aliphatic heterocycles. The Morgan fingerprint density at radius 3 is 1.06 bits per heavy atom. The van der Waals surface area contributed by atoms with Crippen LogP contribution in [0.5, 0.6) is 34.5 Å². The summed E-state index contributed by atoms with van der Waals surface area (Å²) in [5.41, 5.74) is 5.47. The molecule has 0 bridgehead atoms. The van der Waals surface area contributed by atoms with E-state index in [1.165, 1.54) is 0 Å². The first-order valence-electron chi connectivity index (χ1n) is 15.2.